The number of rotatable bonds is 3. The Bertz CT molecular complexity index is 628. The van der Waals surface area contributed by atoms with Crippen LogP contribution in [0.5, 0.6) is 0 Å². The first kappa shape index (κ1) is 12.6. The molecule has 0 radical (unpaired) electrons. The van der Waals surface area contributed by atoms with Gasteiger partial charge in [0.15, 0.2) is 0 Å². The van der Waals surface area contributed by atoms with Gasteiger partial charge in [-0.25, -0.2) is 4.39 Å². The van der Waals surface area contributed by atoms with E-state index in [1.165, 1.54) is 17.4 Å². The number of carbonyl (C=O) groups excluding carboxylic acids is 1. The summed E-state index contributed by atoms with van der Waals surface area (Å²) in [5.41, 5.74) is -0.466. The van der Waals surface area contributed by atoms with Crippen LogP contribution in [-0.2, 0) is 0 Å². The van der Waals surface area contributed by atoms with Crippen LogP contribution in [0, 0.1) is 5.82 Å². The van der Waals surface area contributed by atoms with Crippen molar-refractivity contribution >= 4 is 27.3 Å². The molecule has 0 aliphatic heterocycles. The molecule has 100 valence electrons. The second-order valence-electron chi connectivity index (χ2n) is 5.01. The van der Waals surface area contributed by atoms with Crippen LogP contribution in [0.1, 0.15) is 28.9 Å². The molecule has 0 unspecified atom stereocenters. The average molecular weight is 279 g/mol. The maximum absolute atomic E-state index is 13.6. The molecular weight excluding hydrogens is 265 g/mol. The first-order valence-corrected chi connectivity index (χ1v) is 7.07. The summed E-state index contributed by atoms with van der Waals surface area (Å²) >= 11 is 1.27. The largest absolute Gasteiger partial charge is 0.394 e. The predicted molar refractivity (Wildman–Crippen MR) is 72.9 cm³/mol. The Labute approximate surface area is 114 Å². The van der Waals surface area contributed by atoms with E-state index in [0.717, 1.165) is 24.0 Å². The lowest BCUT2D eigenvalue weighted by Crippen LogP contribution is -2.56. The number of halogens is 1. The lowest BCUT2D eigenvalue weighted by Gasteiger charge is -2.40. The zero-order valence-corrected chi connectivity index (χ0v) is 11.1. The van der Waals surface area contributed by atoms with Gasteiger partial charge in [-0.1, -0.05) is 6.07 Å². The van der Waals surface area contributed by atoms with Crippen molar-refractivity contribution in [2.75, 3.05) is 6.61 Å². The molecule has 2 aromatic rings. The molecule has 19 heavy (non-hydrogen) atoms. The van der Waals surface area contributed by atoms with Crippen molar-refractivity contribution in [2.45, 2.75) is 24.8 Å². The van der Waals surface area contributed by atoms with Crippen LogP contribution in [0.3, 0.4) is 0 Å². The number of hydrogen-bond donors (Lipinski definition) is 2. The molecule has 0 bridgehead atoms. The minimum Gasteiger partial charge on any atom is -0.394 e. The summed E-state index contributed by atoms with van der Waals surface area (Å²) in [6.07, 6.45) is 2.62. The van der Waals surface area contributed by atoms with Gasteiger partial charge in [0, 0.05) is 10.1 Å². The number of hydrogen-bond acceptors (Lipinski definition) is 3. The van der Waals surface area contributed by atoms with Crippen LogP contribution < -0.4 is 5.32 Å². The van der Waals surface area contributed by atoms with Gasteiger partial charge in [-0.3, -0.25) is 4.79 Å². The van der Waals surface area contributed by atoms with Crippen molar-refractivity contribution in [3.8, 4) is 0 Å². The molecule has 1 saturated carbocycles. The van der Waals surface area contributed by atoms with Gasteiger partial charge in [-0.05, 0) is 37.5 Å². The lowest BCUT2D eigenvalue weighted by molar-refractivity contribution is 0.0645. The Morgan fingerprint density at radius 1 is 1.47 bits per heavy atom. The SMILES string of the molecule is O=C(NC1(CO)CCC1)c1cc2c(F)cccc2s1. The number of carbonyl (C=O) groups is 1. The van der Waals surface area contributed by atoms with Crippen molar-refractivity contribution in [3.05, 3.63) is 35.0 Å². The molecule has 1 aromatic carbocycles. The van der Waals surface area contributed by atoms with Crippen molar-refractivity contribution < 1.29 is 14.3 Å². The zero-order chi connectivity index (χ0) is 13.5. The number of aliphatic hydroxyl groups is 1. The van der Waals surface area contributed by atoms with E-state index in [-0.39, 0.29) is 18.3 Å². The number of amides is 1. The highest BCUT2D eigenvalue weighted by Gasteiger charge is 2.38. The fraction of sp³-hybridized carbons (Fsp3) is 0.357. The topological polar surface area (TPSA) is 49.3 Å². The quantitative estimate of drug-likeness (QED) is 0.907. The summed E-state index contributed by atoms with van der Waals surface area (Å²) in [6, 6.07) is 6.40. The van der Waals surface area contributed by atoms with Gasteiger partial charge in [0.2, 0.25) is 0 Å². The average Bonchev–Trinajstić information content (AvgIpc) is 2.79. The molecule has 1 heterocycles. The number of benzene rings is 1. The highest BCUT2D eigenvalue weighted by atomic mass is 32.1. The standard InChI is InChI=1S/C14H14FNO2S/c15-10-3-1-4-11-9(10)7-12(19-11)13(18)16-14(8-17)5-2-6-14/h1,3-4,7,17H,2,5-6,8H2,(H,16,18). The Morgan fingerprint density at radius 2 is 2.26 bits per heavy atom. The van der Waals surface area contributed by atoms with Gasteiger partial charge in [0.25, 0.3) is 5.91 Å². The molecule has 1 aliphatic rings. The first-order chi connectivity index (χ1) is 9.13. The molecule has 2 N–H and O–H groups in total. The van der Waals surface area contributed by atoms with Crippen molar-refractivity contribution in [2.24, 2.45) is 0 Å². The molecule has 1 fully saturated rings. The third-order valence-electron chi connectivity index (χ3n) is 3.72. The van der Waals surface area contributed by atoms with Crippen molar-refractivity contribution in [1.82, 2.24) is 5.32 Å². The smallest absolute Gasteiger partial charge is 0.261 e. The predicted octanol–water partition coefficient (Wildman–Crippen LogP) is 2.69. The van der Waals surface area contributed by atoms with Crippen LogP contribution in [0.2, 0.25) is 0 Å². The molecule has 3 rings (SSSR count). The fourth-order valence-corrected chi connectivity index (χ4v) is 3.34. The molecule has 1 aliphatic carbocycles. The number of fused-ring (bicyclic) bond motifs is 1. The molecule has 5 heteroatoms. The second kappa shape index (κ2) is 4.58. The number of thiophene rings is 1. The van der Waals surface area contributed by atoms with E-state index in [0.29, 0.717) is 10.3 Å². The molecule has 3 nitrogen and oxygen atoms in total. The van der Waals surface area contributed by atoms with Gasteiger partial charge >= 0.3 is 0 Å². The maximum atomic E-state index is 13.6. The Balaban J connectivity index is 1.87. The zero-order valence-electron chi connectivity index (χ0n) is 10.3. The van der Waals surface area contributed by atoms with Crippen LogP contribution in [0.4, 0.5) is 4.39 Å². The molecule has 0 saturated heterocycles. The van der Waals surface area contributed by atoms with Gasteiger partial charge in [0.05, 0.1) is 17.0 Å². The van der Waals surface area contributed by atoms with E-state index >= 15 is 0 Å². The molecule has 0 spiro atoms. The normalized spacial score (nSPS) is 17.2. The summed E-state index contributed by atoms with van der Waals surface area (Å²) in [6.45, 7) is -0.0437. The summed E-state index contributed by atoms with van der Waals surface area (Å²) in [5, 5.41) is 12.7. The van der Waals surface area contributed by atoms with E-state index in [1.807, 2.05) is 0 Å². The second-order valence-corrected chi connectivity index (χ2v) is 6.09. The van der Waals surface area contributed by atoms with E-state index < -0.39 is 5.54 Å². The van der Waals surface area contributed by atoms with Crippen molar-refractivity contribution in [1.29, 1.82) is 0 Å². The minimum absolute atomic E-state index is 0.0437. The maximum Gasteiger partial charge on any atom is 0.261 e. The third kappa shape index (κ3) is 2.13. The number of aliphatic hydroxyl groups excluding tert-OH is 1. The van der Waals surface area contributed by atoms with Crippen LogP contribution in [0.25, 0.3) is 10.1 Å². The summed E-state index contributed by atoms with van der Waals surface area (Å²) < 4.78 is 14.3. The van der Waals surface area contributed by atoms with Crippen LogP contribution in [-0.4, -0.2) is 23.2 Å². The molecule has 1 aromatic heterocycles. The molecule has 0 atom stereocenters. The highest BCUT2D eigenvalue weighted by molar-refractivity contribution is 7.20. The third-order valence-corrected chi connectivity index (χ3v) is 4.82. The summed E-state index contributed by atoms with van der Waals surface area (Å²) in [5.74, 6) is -0.539. The number of nitrogens with one attached hydrogen (secondary N) is 1. The van der Waals surface area contributed by atoms with Crippen LogP contribution in [0.15, 0.2) is 24.3 Å². The summed E-state index contributed by atoms with van der Waals surface area (Å²) in [4.78, 5) is 12.6. The van der Waals surface area contributed by atoms with E-state index in [1.54, 1.807) is 18.2 Å². The van der Waals surface area contributed by atoms with Crippen LogP contribution >= 0.6 is 11.3 Å². The lowest BCUT2D eigenvalue weighted by atomic mass is 9.77. The Kier molecular flexibility index (Phi) is 3.03. The first-order valence-electron chi connectivity index (χ1n) is 6.25. The minimum atomic E-state index is -0.466. The van der Waals surface area contributed by atoms with E-state index in [2.05, 4.69) is 5.32 Å². The van der Waals surface area contributed by atoms with Crippen molar-refractivity contribution in [3.63, 3.8) is 0 Å². The fourth-order valence-electron chi connectivity index (χ4n) is 2.37. The van der Waals surface area contributed by atoms with Gasteiger partial charge < -0.3 is 10.4 Å². The van der Waals surface area contributed by atoms with Gasteiger partial charge in [-0.15, -0.1) is 11.3 Å². The highest BCUT2D eigenvalue weighted by Crippen LogP contribution is 2.33. The van der Waals surface area contributed by atoms with Gasteiger partial charge in [-0.2, -0.15) is 0 Å². The Morgan fingerprint density at radius 3 is 2.84 bits per heavy atom. The molecular formula is C14H14FNO2S. The molecule has 1 amide bonds. The van der Waals surface area contributed by atoms with Gasteiger partial charge in [0.1, 0.15) is 5.82 Å². The van der Waals surface area contributed by atoms with E-state index in [9.17, 15) is 14.3 Å². The summed E-state index contributed by atoms with van der Waals surface area (Å²) in [7, 11) is 0. The monoisotopic (exact) mass is 279 g/mol. The van der Waals surface area contributed by atoms with E-state index in [4.69, 9.17) is 0 Å². The Hall–Kier alpha value is -1.46.